The van der Waals surface area contributed by atoms with Crippen LogP contribution in [0.2, 0.25) is 0 Å². The van der Waals surface area contributed by atoms with Crippen molar-refractivity contribution in [2.45, 2.75) is 13.3 Å². The smallest absolute Gasteiger partial charge is 0.322 e. The van der Waals surface area contributed by atoms with Gasteiger partial charge in [0, 0.05) is 24.3 Å². The van der Waals surface area contributed by atoms with Gasteiger partial charge in [-0.25, -0.2) is 4.79 Å². The summed E-state index contributed by atoms with van der Waals surface area (Å²) in [5, 5.41) is 5.44. The quantitative estimate of drug-likeness (QED) is 0.797. The van der Waals surface area contributed by atoms with Crippen LogP contribution in [0.1, 0.15) is 23.7 Å². The first kappa shape index (κ1) is 14.0. The molecule has 1 aliphatic heterocycles. The Morgan fingerprint density at radius 3 is 2.60 bits per heavy atom. The van der Waals surface area contributed by atoms with Gasteiger partial charge >= 0.3 is 6.03 Å². The average molecular weight is 275 g/mol. The molecule has 20 heavy (non-hydrogen) atoms. The molecule has 106 valence electrons. The van der Waals surface area contributed by atoms with Crippen LogP contribution in [0.4, 0.5) is 10.5 Å². The lowest BCUT2D eigenvalue weighted by molar-refractivity contribution is -0.120. The zero-order valence-electron chi connectivity index (χ0n) is 11.3. The van der Waals surface area contributed by atoms with Gasteiger partial charge in [0.2, 0.25) is 5.91 Å². The standard InChI is InChI=1S/C14H17N3O3/c1-10(18)11-3-5-12(6-4-11)16-14(20)17-8-2-7-15-13(19)9-17/h3-6H,2,7-9H2,1H3,(H,15,19)(H,16,20). The number of ketones is 1. The van der Waals surface area contributed by atoms with Gasteiger partial charge in [-0.05, 0) is 37.6 Å². The van der Waals surface area contributed by atoms with Crippen molar-refractivity contribution in [3.05, 3.63) is 29.8 Å². The largest absolute Gasteiger partial charge is 0.354 e. The predicted molar refractivity (Wildman–Crippen MR) is 74.7 cm³/mol. The fourth-order valence-corrected chi connectivity index (χ4v) is 1.97. The molecule has 0 aromatic heterocycles. The highest BCUT2D eigenvalue weighted by Crippen LogP contribution is 2.11. The third-order valence-corrected chi connectivity index (χ3v) is 3.09. The Bertz CT molecular complexity index is 525. The molecule has 3 amide bonds. The molecule has 0 spiro atoms. The van der Waals surface area contributed by atoms with Gasteiger partial charge in [-0.2, -0.15) is 0 Å². The van der Waals surface area contributed by atoms with Gasteiger partial charge in [0.15, 0.2) is 5.78 Å². The molecule has 6 heteroatoms. The molecule has 0 atom stereocenters. The highest BCUT2D eigenvalue weighted by Gasteiger charge is 2.19. The number of hydrogen-bond donors (Lipinski definition) is 2. The second-order valence-electron chi connectivity index (χ2n) is 4.69. The first-order valence-corrected chi connectivity index (χ1v) is 6.50. The maximum Gasteiger partial charge on any atom is 0.322 e. The summed E-state index contributed by atoms with van der Waals surface area (Å²) in [5.41, 5.74) is 1.20. The zero-order chi connectivity index (χ0) is 14.5. The number of anilines is 1. The second-order valence-corrected chi connectivity index (χ2v) is 4.69. The minimum absolute atomic E-state index is 0.0212. The van der Waals surface area contributed by atoms with Gasteiger partial charge < -0.3 is 15.5 Å². The van der Waals surface area contributed by atoms with E-state index in [1.165, 1.54) is 11.8 Å². The summed E-state index contributed by atoms with van der Waals surface area (Å²) < 4.78 is 0. The van der Waals surface area contributed by atoms with Crippen molar-refractivity contribution >= 4 is 23.4 Å². The minimum atomic E-state index is -0.308. The molecule has 1 aromatic rings. The molecule has 0 radical (unpaired) electrons. The van der Waals surface area contributed by atoms with E-state index >= 15 is 0 Å². The van der Waals surface area contributed by atoms with E-state index in [0.29, 0.717) is 24.3 Å². The molecule has 0 saturated carbocycles. The Kier molecular flexibility index (Phi) is 4.34. The molecule has 0 bridgehead atoms. The van der Waals surface area contributed by atoms with E-state index in [1.54, 1.807) is 24.3 Å². The number of hydrogen-bond acceptors (Lipinski definition) is 3. The number of carbonyl (C=O) groups is 3. The Labute approximate surface area is 117 Å². The number of nitrogens with zero attached hydrogens (tertiary/aromatic N) is 1. The topological polar surface area (TPSA) is 78.5 Å². The predicted octanol–water partition coefficient (Wildman–Crippen LogP) is 1.24. The molecule has 1 aliphatic rings. The van der Waals surface area contributed by atoms with Crippen LogP contribution in [0.3, 0.4) is 0 Å². The number of carbonyl (C=O) groups excluding carboxylic acids is 3. The van der Waals surface area contributed by atoms with Gasteiger partial charge in [0.05, 0.1) is 0 Å². The third-order valence-electron chi connectivity index (χ3n) is 3.09. The van der Waals surface area contributed by atoms with Gasteiger partial charge in [0.25, 0.3) is 0 Å². The highest BCUT2D eigenvalue weighted by molar-refractivity contribution is 5.96. The van der Waals surface area contributed by atoms with Crippen molar-refractivity contribution in [2.75, 3.05) is 25.0 Å². The molecule has 0 unspecified atom stereocenters. The van der Waals surface area contributed by atoms with E-state index in [-0.39, 0.29) is 24.3 Å². The van der Waals surface area contributed by atoms with Crippen molar-refractivity contribution in [3.8, 4) is 0 Å². The van der Waals surface area contributed by atoms with E-state index < -0.39 is 0 Å². The molecule has 2 rings (SSSR count). The van der Waals surface area contributed by atoms with Crippen LogP contribution in [0.5, 0.6) is 0 Å². The average Bonchev–Trinajstić information content (AvgIpc) is 2.64. The number of urea groups is 1. The minimum Gasteiger partial charge on any atom is -0.354 e. The Morgan fingerprint density at radius 1 is 1.25 bits per heavy atom. The first-order valence-electron chi connectivity index (χ1n) is 6.50. The van der Waals surface area contributed by atoms with E-state index in [2.05, 4.69) is 10.6 Å². The lowest BCUT2D eigenvalue weighted by Gasteiger charge is -2.19. The number of amides is 3. The normalized spacial score (nSPS) is 15.2. The van der Waals surface area contributed by atoms with Gasteiger partial charge in [0.1, 0.15) is 6.54 Å². The molecule has 0 aliphatic carbocycles. The number of rotatable bonds is 2. The fraction of sp³-hybridized carbons (Fsp3) is 0.357. The maximum atomic E-state index is 12.1. The van der Waals surface area contributed by atoms with Gasteiger partial charge in [-0.3, -0.25) is 9.59 Å². The molecule has 1 heterocycles. The summed E-state index contributed by atoms with van der Waals surface area (Å²) in [6, 6.07) is 6.36. The summed E-state index contributed by atoms with van der Waals surface area (Å²) in [6.07, 6.45) is 0.739. The van der Waals surface area contributed by atoms with Crippen molar-refractivity contribution in [1.82, 2.24) is 10.2 Å². The van der Waals surface area contributed by atoms with Crippen LogP contribution in [0.15, 0.2) is 24.3 Å². The molecular formula is C14H17N3O3. The maximum absolute atomic E-state index is 12.1. The zero-order valence-corrected chi connectivity index (χ0v) is 11.3. The Balaban J connectivity index is 1.99. The van der Waals surface area contributed by atoms with Crippen LogP contribution in [-0.4, -0.2) is 42.3 Å². The van der Waals surface area contributed by atoms with Crippen LogP contribution < -0.4 is 10.6 Å². The van der Waals surface area contributed by atoms with E-state index in [4.69, 9.17) is 0 Å². The van der Waals surface area contributed by atoms with Crippen LogP contribution in [0.25, 0.3) is 0 Å². The first-order chi connectivity index (χ1) is 9.56. The molecular weight excluding hydrogens is 258 g/mol. The number of benzene rings is 1. The SMILES string of the molecule is CC(=O)c1ccc(NC(=O)N2CCCNC(=O)C2)cc1. The molecule has 1 aromatic carbocycles. The molecule has 1 saturated heterocycles. The van der Waals surface area contributed by atoms with Crippen LogP contribution in [-0.2, 0) is 4.79 Å². The van der Waals surface area contributed by atoms with Gasteiger partial charge in [-0.15, -0.1) is 0 Å². The summed E-state index contributed by atoms with van der Waals surface area (Å²) in [5.74, 6) is -0.170. The lowest BCUT2D eigenvalue weighted by Crippen LogP contribution is -2.39. The van der Waals surface area contributed by atoms with E-state index in [0.717, 1.165) is 6.42 Å². The van der Waals surface area contributed by atoms with Crippen molar-refractivity contribution < 1.29 is 14.4 Å². The van der Waals surface area contributed by atoms with Crippen molar-refractivity contribution in [2.24, 2.45) is 0 Å². The highest BCUT2D eigenvalue weighted by atomic mass is 16.2. The Hall–Kier alpha value is -2.37. The monoisotopic (exact) mass is 275 g/mol. The third kappa shape index (κ3) is 3.57. The van der Waals surface area contributed by atoms with Crippen LogP contribution >= 0.6 is 0 Å². The summed E-state index contributed by atoms with van der Waals surface area (Å²) >= 11 is 0. The lowest BCUT2D eigenvalue weighted by atomic mass is 10.1. The summed E-state index contributed by atoms with van der Waals surface area (Å²) in [6.45, 7) is 2.69. The molecule has 2 N–H and O–H groups in total. The van der Waals surface area contributed by atoms with E-state index in [9.17, 15) is 14.4 Å². The fourth-order valence-electron chi connectivity index (χ4n) is 1.97. The number of nitrogens with one attached hydrogen (secondary N) is 2. The second kappa shape index (κ2) is 6.18. The summed E-state index contributed by atoms with van der Waals surface area (Å²) in [4.78, 5) is 36.1. The van der Waals surface area contributed by atoms with Gasteiger partial charge in [-0.1, -0.05) is 0 Å². The van der Waals surface area contributed by atoms with E-state index in [1.807, 2.05) is 0 Å². The molecule has 1 fully saturated rings. The molecule has 6 nitrogen and oxygen atoms in total. The van der Waals surface area contributed by atoms with Crippen molar-refractivity contribution in [1.29, 1.82) is 0 Å². The summed E-state index contributed by atoms with van der Waals surface area (Å²) in [7, 11) is 0. The number of Topliss-reactive ketones (excluding diaryl/α,β-unsaturated/α-hetero) is 1. The van der Waals surface area contributed by atoms with Crippen molar-refractivity contribution in [3.63, 3.8) is 0 Å². The Morgan fingerprint density at radius 2 is 1.95 bits per heavy atom. The van der Waals surface area contributed by atoms with Crippen LogP contribution in [0, 0.1) is 0 Å².